The number of carbonyl (C=O) groups excluding carboxylic acids is 2. The predicted octanol–water partition coefficient (Wildman–Crippen LogP) is 2.09. The van der Waals surface area contributed by atoms with Crippen molar-refractivity contribution in [3.05, 3.63) is 79.9 Å². The number of carbonyl (C=O) groups is 2. The number of ketones is 1. The lowest BCUT2D eigenvalue weighted by Gasteiger charge is -2.18. The van der Waals surface area contributed by atoms with E-state index in [2.05, 4.69) is 10.5 Å². The second-order valence-electron chi connectivity index (χ2n) is 7.93. The van der Waals surface area contributed by atoms with Crippen molar-refractivity contribution in [2.24, 2.45) is 22.9 Å². The molecule has 1 amide bonds. The van der Waals surface area contributed by atoms with E-state index in [0.29, 0.717) is 17.9 Å². The van der Waals surface area contributed by atoms with Crippen LogP contribution in [0.15, 0.2) is 53.6 Å². The smallest absolute Gasteiger partial charge is 0.277 e. The van der Waals surface area contributed by atoms with Gasteiger partial charge >= 0.3 is 0 Å². The van der Waals surface area contributed by atoms with Gasteiger partial charge in [-0.3, -0.25) is 29.8 Å². The standard InChI is InChI=1S/C21H16N4O8/c26-19(10-4-2-1-3-5-10)17-15-14-9-32-21(33-14)18(16(15)17)22-23-20(27)11-6-12(24(28)29)8-13(7-11)25(30)31/h1-8,14-17,21H,9H2,(H,23,27)/b22-18-. The van der Waals surface area contributed by atoms with Gasteiger partial charge in [0.05, 0.1) is 39.9 Å². The summed E-state index contributed by atoms with van der Waals surface area (Å²) >= 11 is 0. The number of rotatable bonds is 6. The molecule has 2 heterocycles. The first kappa shape index (κ1) is 20.8. The van der Waals surface area contributed by atoms with Crippen LogP contribution in [-0.4, -0.2) is 46.2 Å². The molecule has 3 fully saturated rings. The zero-order chi connectivity index (χ0) is 23.3. The molecule has 3 aliphatic rings. The van der Waals surface area contributed by atoms with E-state index in [1.165, 1.54) is 0 Å². The van der Waals surface area contributed by atoms with E-state index in [4.69, 9.17) is 9.47 Å². The average molecular weight is 452 g/mol. The van der Waals surface area contributed by atoms with Gasteiger partial charge in [0.25, 0.3) is 17.3 Å². The third-order valence-corrected chi connectivity index (χ3v) is 6.03. The zero-order valence-corrected chi connectivity index (χ0v) is 16.8. The van der Waals surface area contributed by atoms with E-state index >= 15 is 0 Å². The van der Waals surface area contributed by atoms with Crippen molar-refractivity contribution < 1.29 is 28.9 Å². The number of nitro groups is 2. The topological polar surface area (TPSA) is 163 Å². The number of fused-ring (bicyclic) bond motifs is 4. The molecule has 5 unspecified atom stereocenters. The molecule has 2 saturated heterocycles. The van der Waals surface area contributed by atoms with Crippen LogP contribution in [0.3, 0.4) is 0 Å². The highest BCUT2D eigenvalue weighted by molar-refractivity contribution is 6.07. The van der Waals surface area contributed by atoms with Crippen LogP contribution in [0.5, 0.6) is 0 Å². The minimum atomic E-state index is -0.877. The second-order valence-corrected chi connectivity index (χ2v) is 7.93. The maximum Gasteiger partial charge on any atom is 0.277 e. The van der Waals surface area contributed by atoms with E-state index < -0.39 is 33.4 Å². The fourth-order valence-electron chi connectivity index (χ4n) is 4.49. The minimum absolute atomic E-state index is 0.0462. The van der Waals surface area contributed by atoms with Gasteiger partial charge in [0.2, 0.25) is 0 Å². The summed E-state index contributed by atoms with van der Waals surface area (Å²) in [6.07, 6.45) is -1.06. The first-order chi connectivity index (χ1) is 15.8. The predicted molar refractivity (Wildman–Crippen MR) is 111 cm³/mol. The molecule has 1 saturated carbocycles. The molecule has 2 aliphatic heterocycles. The number of amides is 1. The number of hydrogen-bond donors (Lipinski definition) is 1. The van der Waals surface area contributed by atoms with Gasteiger partial charge < -0.3 is 9.47 Å². The first-order valence-electron chi connectivity index (χ1n) is 10.0. The summed E-state index contributed by atoms with van der Waals surface area (Å²) in [7, 11) is 0. The third kappa shape index (κ3) is 3.64. The van der Waals surface area contributed by atoms with Gasteiger partial charge in [-0.25, -0.2) is 5.43 Å². The monoisotopic (exact) mass is 452 g/mol. The van der Waals surface area contributed by atoms with E-state index in [9.17, 15) is 29.8 Å². The van der Waals surface area contributed by atoms with Gasteiger partial charge in [-0.15, -0.1) is 0 Å². The molecule has 2 aromatic rings. The van der Waals surface area contributed by atoms with Gasteiger partial charge in [-0.2, -0.15) is 5.10 Å². The second kappa shape index (κ2) is 7.83. The zero-order valence-electron chi connectivity index (χ0n) is 16.8. The number of nitrogens with one attached hydrogen (secondary N) is 1. The molecule has 33 heavy (non-hydrogen) atoms. The lowest BCUT2D eigenvalue weighted by atomic mass is 10.0. The fraction of sp³-hybridized carbons (Fsp3) is 0.286. The highest BCUT2D eigenvalue weighted by atomic mass is 16.7. The van der Waals surface area contributed by atoms with Crippen LogP contribution in [0.25, 0.3) is 0 Å². The molecule has 2 aromatic carbocycles. The Hall–Kier alpha value is -4.03. The van der Waals surface area contributed by atoms with Gasteiger partial charge in [-0.1, -0.05) is 30.3 Å². The quantitative estimate of drug-likeness (QED) is 0.395. The van der Waals surface area contributed by atoms with Gasteiger partial charge in [0.1, 0.15) is 0 Å². The minimum Gasteiger partial charge on any atom is -0.344 e. The van der Waals surface area contributed by atoms with Crippen LogP contribution in [0.1, 0.15) is 20.7 Å². The van der Waals surface area contributed by atoms with E-state index in [1.54, 1.807) is 24.3 Å². The van der Waals surface area contributed by atoms with Crippen LogP contribution < -0.4 is 5.43 Å². The summed E-state index contributed by atoms with van der Waals surface area (Å²) in [5.41, 5.74) is 1.69. The number of non-ortho nitro benzene ring substituents is 2. The van der Waals surface area contributed by atoms with Gasteiger partial charge in [0.15, 0.2) is 12.1 Å². The largest absolute Gasteiger partial charge is 0.344 e. The van der Waals surface area contributed by atoms with Crippen LogP contribution >= 0.6 is 0 Å². The highest BCUT2D eigenvalue weighted by Gasteiger charge is 2.67. The van der Waals surface area contributed by atoms with Crippen molar-refractivity contribution >= 4 is 28.8 Å². The molecule has 1 aliphatic carbocycles. The maximum atomic E-state index is 13.0. The summed E-state index contributed by atoms with van der Waals surface area (Å²) in [6.45, 7) is 0.300. The lowest BCUT2D eigenvalue weighted by Crippen LogP contribution is -2.33. The lowest BCUT2D eigenvalue weighted by molar-refractivity contribution is -0.394. The molecule has 0 aromatic heterocycles. The Kier molecular flexibility index (Phi) is 4.95. The number of Topliss-reactive ketones (excluding diaryl/α,β-unsaturated/α-hetero) is 1. The van der Waals surface area contributed by atoms with Crippen molar-refractivity contribution in [3.63, 3.8) is 0 Å². The van der Waals surface area contributed by atoms with Crippen molar-refractivity contribution in [1.82, 2.24) is 5.43 Å². The number of benzene rings is 2. The van der Waals surface area contributed by atoms with E-state index in [-0.39, 0.29) is 35.2 Å². The van der Waals surface area contributed by atoms with E-state index in [0.717, 1.165) is 18.2 Å². The first-order valence-corrected chi connectivity index (χ1v) is 10.0. The maximum absolute atomic E-state index is 13.0. The van der Waals surface area contributed by atoms with Crippen molar-refractivity contribution in [2.75, 3.05) is 6.61 Å². The van der Waals surface area contributed by atoms with Crippen LogP contribution in [0.2, 0.25) is 0 Å². The molecule has 2 bridgehead atoms. The van der Waals surface area contributed by atoms with Crippen molar-refractivity contribution in [2.45, 2.75) is 12.4 Å². The Balaban J connectivity index is 1.39. The molecule has 5 rings (SSSR count). The summed E-state index contributed by atoms with van der Waals surface area (Å²) in [5.74, 6) is -1.69. The Labute approximate surface area is 185 Å². The molecule has 12 nitrogen and oxygen atoms in total. The van der Waals surface area contributed by atoms with Crippen molar-refractivity contribution in [1.29, 1.82) is 0 Å². The highest BCUT2D eigenvalue weighted by Crippen LogP contribution is 2.57. The molecule has 1 N–H and O–H groups in total. The molecular formula is C21H16N4O8. The molecular weight excluding hydrogens is 436 g/mol. The molecule has 5 atom stereocenters. The number of nitrogens with zero attached hydrogens (tertiary/aromatic N) is 3. The number of hydrogen-bond acceptors (Lipinski definition) is 9. The van der Waals surface area contributed by atoms with Crippen LogP contribution in [-0.2, 0) is 9.47 Å². The van der Waals surface area contributed by atoms with Crippen molar-refractivity contribution in [3.8, 4) is 0 Å². The molecule has 0 spiro atoms. The van der Waals surface area contributed by atoms with Gasteiger partial charge in [-0.05, 0) is 0 Å². The Morgan fingerprint density at radius 2 is 1.67 bits per heavy atom. The molecule has 12 heteroatoms. The Morgan fingerprint density at radius 3 is 2.30 bits per heavy atom. The van der Waals surface area contributed by atoms with Gasteiger partial charge in [0, 0.05) is 35.4 Å². The summed E-state index contributed by atoms with van der Waals surface area (Å²) in [6, 6.07) is 11.4. The summed E-state index contributed by atoms with van der Waals surface area (Å²) in [4.78, 5) is 46.1. The Bertz CT molecular complexity index is 1180. The Morgan fingerprint density at radius 1 is 1.00 bits per heavy atom. The van der Waals surface area contributed by atoms with E-state index in [1.807, 2.05) is 6.07 Å². The fourth-order valence-corrected chi connectivity index (χ4v) is 4.49. The average Bonchev–Trinajstić information content (AvgIpc) is 3.42. The van der Waals surface area contributed by atoms with Crippen LogP contribution in [0.4, 0.5) is 11.4 Å². The summed E-state index contributed by atoms with van der Waals surface area (Å²) in [5, 5.41) is 26.2. The SMILES string of the molecule is O=C(N/N=C1\C2OCC(O2)C2C(C(=O)c3ccccc3)C12)c1cc([N+](=O)[O-])cc([N+](=O)[O-])c1. The molecule has 168 valence electrons. The number of hydrazone groups is 1. The normalized spacial score (nSPS) is 28.1. The third-order valence-electron chi connectivity index (χ3n) is 6.03. The number of nitro benzene ring substituents is 2. The number of ether oxygens (including phenoxy) is 2. The van der Waals surface area contributed by atoms with Crippen LogP contribution in [0, 0.1) is 38.0 Å². The molecule has 0 radical (unpaired) electrons. The summed E-state index contributed by atoms with van der Waals surface area (Å²) < 4.78 is 11.4.